The van der Waals surface area contributed by atoms with Gasteiger partial charge in [0.2, 0.25) is 11.8 Å². The number of morpholine rings is 1. The van der Waals surface area contributed by atoms with Gasteiger partial charge in [0, 0.05) is 25.2 Å². The van der Waals surface area contributed by atoms with Gasteiger partial charge in [0.1, 0.15) is 11.8 Å². The second-order valence-electron chi connectivity index (χ2n) is 6.03. The zero-order chi connectivity index (χ0) is 17.1. The Morgan fingerprint density at radius 2 is 2.24 bits per heavy atom. The molecular weight excluding hydrogens is 346 g/mol. The molecule has 138 valence electrons. The lowest BCUT2D eigenvalue weighted by molar-refractivity contribution is -0.123. The average molecular weight is 370 g/mol. The summed E-state index contributed by atoms with van der Waals surface area (Å²) in [4.78, 5) is 26.2. The third-order valence-electron chi connectivity index (χ3n) is 4.41. The molecule has 0 aromatic heterocycles. The van der Waals surface area contributed by atoms with E-state index < -0.39 is 6.04 Å². The minimum atomic E-state index is -0.391. The molecule has 7 nitrogen and oxygen atoms in total. The fraction of sp³-hybridized carbons (Fsp3) is 0.529. The number of carbonyl (C=O) groups is 2. The van der Waals surface area contributed by atoms with Crippen molar-refractivity contribution in [3.63, 3.8) is 0 Å². The first-order valence-electron chi connectivity index (χ1n) is 8.24. The SMILES string of the molecule is COc1ccc(NC(=O)[C@H]2NCCO[C@@H]2C)cc1N1CCCC1=O.Cl. The van der Waals surface area contributed by atoms with E-state index in [4.69, 9.17) is 9.47 Å². The summed E-state index contributed by atoms with van der Waals surface area (Å²) >= 11 is 0. The molecule has 2 aliphatic rings. The van der Waals surface area contributed by atoms with E-state index in [0.29, 0.717) is 43.2 Å². The summed E-state index contributed by atoms with van der Waals surface area (Å²) < 4.78 is 10.9. The quantitative estimate of drug-likeness (QED) is 0.842. The number of methoxy groups -OCH3 is 1. The molecule has 2 saturated heterocycles. The third-order valence-corrected chi connectivity index (χ3v) is 4.41. The highest BCUT2D eigenvalue weighted by atomic mass is 35.5. The number of amides is 2. The maximum atomic E-state index is 12.5. The third kappa shape index (κ3) is 4.23. The molecule has 2 N–H and O–H groups in total. The molecule has 0 saturated carbocycles. The van der Waals surface area contributed by atoms with Crippen LogP contribution in [0.4, 0.5) is 11.4 Å². The molecule has 2 aliphatic heterocycles. The largest absolute Gasteiger partial charge is 0.495 e. The molecule has 25 heavy (non-hydrogen) atoms. The summed E-state index contributed by atoms with van der Waals surface area (Å²) in [7, 11) is 1.57. The van der Waals surface area contributed by atoms with E-state index in [0.717, 1.165) is 6.42 Å². The Kier molecular flexibility index (Phi) is 6.64. The highest BCUT2D eigenvalue weighted by Crippen LogP contribution is 2.34. The predicted molar refractivity (Wildman–Crippen MR) is 97.7 cm³/mol. The van der Waals surface area contributed by atoms with E-state index in [-0.39, 0.29) is 30.3 Å². The Hall–Kier alpha value is -1.83. The number of nitrogens with zero attached hydrogens (tertiary/aromatic N) is 1. The number of hydrogen-bond acceptors (Lipinski definition) is 5. The lowest BCUT2D eigenvalue weighted by atomic mass is 10.1. The lowest BCUT2D eigenvalue weighted by Gasteiger charge is -2.29. The topological polar surface area (TPSA) is 79.9 Å². The number of rotatable bonds is 4. The van der Waals surface area contributed by atoms with E-state index in [1.165, 1.54) is 0 Å². The van der Waals surface area contributed by atoms with Crippen LogP contribution in [-0.2, 0) is 14.3 Å². The van der Waals surface area contributed by atoms with Crippen LogP contribution in [0.3, 0.4) is 0 Å². The van der Waals surface area contributed by atoms with Crippen molar-refractivity contribution < 1.29 is 19.1 Å². The van der Waals surface area contributed by atoms with Crippen molar-refractivity contribution in [2.75, 3.05) is 37.0 Å². The van der Waals surface area contributed by atoms with Gasteiger partial charge < -0.3 is 25.0 Å². The van der Waals surface area contributed by atoms with Crippen LogP contribution in [-0.4, -0.2) is 50.8 Å². The van der Waals surface area contributed by atoms with Crippen LogP contribution in [0, 0.1) is 0 Å². The van der Waals surface area contributed by atoms with E-state index >= 15 is 0 Å². The first-order valence-corrected chi connectivity index (χ1v) is 8.24. The van der Waals surface area contributed by atoms with Gasteiger partial charge in [-0.05, 0) is 31.5 Å². The van der Waals surface area contributed by atoms with Gasteiger partial charge in [-0.2, -0.15) is 0 Å². The highest BCUT2D eigenvalue weighted by Gasteiger charge is 2.29. The monoisotopic (exact) mass is 369 g/mol. The molecule has 1 aromatic rings. The summed E-state index contributed by atoms with van der Waals surface area (Å²) in [5.41, 5.74) is 1.33. The maximum absolute atomic E-state index is 12.5. The van der Waals surface area contributed by atoms with Crippen LogP contribution < -0.4 is 20.3 Å². The van der Waals surface area contributed by atoms with Gasteiger partial charge in [-0.3, -0.25) is 9.59 Å². The van der Waals surface area contributed by atoms with Crippen molar-refractivity contribution in [2.45, 2.75) is 31.9 Å². The molecule has 2 atom stereocenters. The zero-order valence-electron chi connectivity index (χ0n) is 14.4. The number of halogens is 1. The second kappa shape index (κ2) is 8.51. The van der Waals surface area contributed by atoms with Crippen LogP contribution in [0.25, 0.3) is 0 Å². The summed E-state index contributed by atoms with van der Waals surface area (Å²) in [6.07, 6.45) is 1.19. The molecule has 8 heteroatoms. The fourth-order valence-corrected chi connectivity index (χ4v) is 3.13. The lowest BCUT2D eigenvalue weighted by Crippen LogP contribution is -2.53. The van der Waals surface area contributed by atoms with E-state index in [1.54, 1.807) is 30.2 Å². The van der Waals surface area contributed by atoms with Gasteiger partial charge in [0.15, 0.2) is 0 Å². The van der Waals surface area contributed by atoms with Gasteiger partial charge in [-0.25, -0.2) is 0 Å². The Morgan fingerprint density at radius 1 is 1.44 bits per heavy atom. The summed E-state index contributed by atoms with van der Waals surface area (Å²) in [5, 5.41) is 6.06. The minimum absolute atomic E-state index is 0. The van der Waals surface area contributed by atoms with Gasteiger partial charge in [-0.1, -0.05) is 0 Å². The van der Waals surface area contributed by atoms with Crippen molar-refractivity contribution in [1.82, 2.24) is 5.32 Å². The second-order valence-corrected chi connectivity index (χ2v) is 6.03. The molecule has 2 heterocycles. The van der Waals surface area contributed by atoms with Crippen LogP contribution >= 0.6 is 12.4 Å². The number of benzene rings is 1. The van der Waals surface area contributed by atoms with Crippen molar-refractivity contribution in [1.29, 1.82) is 0 Å². The highest BCUT2D eigenvalue weighted by molar-refractivity contribution is 5.99. The molecule has 0 radical (unpaired) electrons. The number of nitrogens with one attached hydrogen (secondary N) is 2. The fourth-order valence-electron chi connectivity index (χ4n) is 3.13. The maximum Gasteiger partial charge on any atom is 0.244 e. The van der Waals surface area contributed by atoms with Crippen LogP contribution in [0.1, 0.15) is 19.8 Å². The van der Waals surface area contributed by atoms with Crippen LogP contribution in [0.5, 0.6) is 5.75 Å². The first kappa shape index (κ1) is 19.5. The molecule has 3 rings (SSSR count). The first-order chi connectivity index (χ1) is 11.6. The number of hydrogen-bond donors (Lipinski definition) is 2. The van der Waals surface area contributed by atoms with E-state index in [1.807, 2.05) is 6.92 Å². The summed E-state index contributed by atoms with van der Waals surface area (Å²) in [6.45, 7) is 3.80. The standard InChI is InChI=1S/C17H23N3O4.ClH/c1-11-16(18-7-9-24-11)17(22)19-12-5-6-14(23-2)13(10-12)20-8-3-4-15(20)21;/h5-6,10-11,16,18H,3-4,7-9H2,1-2H3,(H,19,22);1H/t11-,16+;/m1./s1. The normalized spacial score (nSPS) is 23.1. The molecule has 0 unspecified atom stereocenters. The molecule has 2 amide bonds. The zero-order valence-corrected chi connectivity index (χ0v) is 15.2. The Bertz CT molecular complexity index is 640. The number of ether oxygens (including phenoxy) is 2. The molecule has 2 fully saturated rings. The van der Waals surface area contributed by atoms with Gasteiger partial charge in [0.05, 0.1) is 25.5 Å². The minimum Gasteiger partial charge on any atom is -0.495 e. The Morgan fingerprint density at radius 3 is 2.88 bits per heavy atom. The predicted octanol–water partition coefficient (Wildman–Crippen LogP) is 1.56. The van der Waals surface area contributed by atoms with Gasteiger partial charge in [0.25, 0.3) is 0 Å². The van der Waals surface area contributed by atoms with Gasteiger partial charge >= 0.3 is 0 Å². The summed E-state index contributed by atoms with van der Waals surface area (Å²) in [6, 6.07) is 4.94. The number of carbonyl (C=O) groups excluding carboxylic acids is 2. The smallest absolute Gasteiger partial charge is 0.244 e. The molecule has 0 spiro atoms. The van der Waals surface area contributed by atoms with Crippen molar-refractivity contribution >= 4 is 35.6 Å². The Balaban J connectivity index is 0.00000225. The molecule has 0 aliphatic carbocycles. The van der Waals surface area contributed by atoms with Crippen LogP contribution in [0.2, 0.25) is 0 Å². The molecule has 0 bridgehead atoms. The average Bonchev–Trinajstić information content (AvgIpc) is 3.01. The summed E-state index contributed by atoms with van der Waals surface area (Å²) in [5.74, 6) is 0.551. The van der Waals surface area contributed by atoms with E-state index in [9.17, 15) is 9.59 Å². The van der Waals surface area contributed by atoms with Crippen molar-refractivity contribution in [2.24, 2.45) is 0 Å². The van der Waals surface area contributed by atoms with Crippen molar-refractivity contribution in [3.8, 4) is 5.75 Å². The van der Waals surface area contributed by atoms with Crippen LogP contribution in [0.15, 0.2) is 18.2 Å². The Labute approximate surface area is 153 Å². The van der Waals surface area contributed by atoms with Crippen molar-refractivity contribution in [3.05, 3.63) is 18.2 Å². The van der Waals surface area contributed by atoms with Gasteiger partial charge in [-0.15, -0.1) is 12.4 Å². The van der Waals surface area contributed by atoms with E-state index in [2.05, 4.69) is 10.6 Å². The molecular formula is C17H24ClN3O4. The molecule has 1 aromatic carbocycles. The number of anilines is 2.